The normalized spacial score (nSPS) is 12.2. The Morgan fingerprint density at radius 1 is 1.28 bits per heavy atom. The van der Waals surface area contributed by atoms with Gasteiger partial charge in [0.25, 0.3) is 0 Å². The van der Waals surface area contributed by atoms with Crippen molar-refractivity contribution in [1.29, 1.82) is 0 Å². The van der Waals surface area contributed by atoms with Crippen molar-refractivity contribution in [3.05, 3.63) is 29.8 Å². The van der Waals surface area contributed by atoms with Crippen molar-refractivity contribution in [2.75, 3.05) is 6.61 Å². The van der Waals surface area contributed by atoms with E-state index in [0.29, 0.717) is 18.1 Å². The van der Waals surface area contributed by atoms with Crippen molar-refractivity contribution in [3.8, 4) is 0 Å². The van der Waals surface area contributed by atoms with E-state index in [1.54, 1.807) is 24.3 Å². The second-order valence-corrected chi connectivity index (χ2v) is 5.08. The number of hydrogen-bond acceptors (Lipinski definition) is 3. The summed E-state index contributed by atoms with van der Waals surface area (Å²) < 4.78 is 5.35. The molecule has 0 aliphatic heterocycles. The predicted octanol–water partition coefficient (Wildman–Crippen LogP) is 4.35. The fraction of sp³-hybridized carbons (Fsp3) is 0.533. The lowest BCUT2D eigenvalue weighted by Crippen LogP contribution is -2.14. The zero-order valence-electron chi connectivity index (χ0n) is 11.2. The van der Waals surface area contributed by atoms with E-state index in [4.69, 9.17) is 4.74 Å². The first kappa shape index (κ1) is 15.1. The smallest absolute Gasteiger partial charge is 0.338 e. The van der Waals surface area contributed by atoms with Crippen LogP contribution in [-0.2, 0) is 4.74 Å². The van der Waals surface area contributed by atoms with Gasteiger partial charge < -0.3 is 4.74 Å². The highest BCUT2D eigenvalue weighted by Crippen LogP contribution is 2.14. The van der Waals surface area contributed by atoms with Crippen LogP contribution in [0.5, 0.6) is 0 Å². The first-order valence-electron chi connectivity index (χ1n) is 6.63. The maximum absolute atomic E-state index is 11.8. The number of rotatable bonds is 7. The van der Waals surface area contributed by atoms with Crippen molar-refractivity contribution < 1.29 is 9.53 Å². The molecule has 0 saturated heterocycles. The lowest BCUT2D eigenvalue weighted by atomic mass is 10.0. The molecule has 0 aromatic heterocycles. The van der Waals surface area contributed by atoms with Crippen LogP contribution >= 0.6 is 12.6 Å². The average molecular weight is 266 g/mol. The molecule has 0 spiro atoms. The van der Waals surface area contributed by atoms with E-state index in [1.165, 1.54) is 12.8 Å². The number of ether oxygens (including phenoxy) is 1. The highest BCUT2D eigenvalue weighted by molar-refractivity contribution is 7.80. The molecule has 0 N–H and O–H groups in total. The summed E-state index contributed by atoms with van der Waals surface area (Å²) in [5.74, 6) is 0.247. The van der Waals surface area contributed by atoms with Gasteiger partial charge in [0, 0.05) is 4.90 Å². The van der Waals surface area contributed by atoms with E-state index in [1.807, 2.05) is 0 Å². The molecule has 3 heteroatoms. The SMILES string of the molecule is CCCCC(CC)COC(=O)c1ccc(S)cc1. The van der Waals surface area contributed by atoms with Crippen LogP contribution in [0.15, 0.2) is 29.2 Å². The number of carbonyl (C=O) groups excluding carboxylic acids is 1. The molecule has 1 aromatic carbocycles. The number of carbonyl (C=O) groups is 1. The summed E-state index contributed by atoms with van der Waals surface area (Å²) in [6, 6.07) is 7.09. The zero-order chi connectivity index (χ0) is 13.4. The van der Waals surface area contributed by atoms with E-state index >= 15 is 0 Å². The fourth-order valence-corrected chi connectivity index (χ4v) is 1.92. The second-order valence-electron chi connectivity index (χ2n) is 4.56. The van der Waals surface area contributed by atoms with Gasteiger partial charge in [0.05, 0.1) is 12.2 Å². The van der Waals surface area contributed by atoms with E-state index in [0.717, 1.165) is 17.7 Å². The number of benzene rings is 1. The van der Waals surface area contributed by atoms with Crippen LogP contribution in [0.2, 0.25) is 0 Å². The van der Waals surface area contributed by atoms with Crippen LogP contribution in [0.1, 0.15) is 49.9 Å². The van der Waals surface area contributed by atoms with Gasteiger partial charge in [0.15, 0.2) is 0 Å². The molecule has 0 amide bonds. The Kier molecular flexibility index (Phi) is 6.88. The zero-order valence-corrected chi connectivity index (χ0v) is 12.1. The highest BCUT2D eigenvalue weighted by Gasteiger charge is 2.11. The lowest BCUT2D eigenvalue weighted by Gasteiger charge is -2.14. The van der Waals surface area contributed by atoms with Gasteiger partial charge in [-0.2, -0.15) is 0 Å². The van der Waals surface area contributed by atoms with Gasteiger partial charge in [-0.3, -0.25) is 0 Å². The molecule has 0 radical (unpaired) electrons. The van der Waals surface area contributed by atoms with Crippen LogP contribution in [0, 0.1) is 5.92 Å². The largest absolute Gasteiger partial charge is 0.462 e. The van der Waals surface area contributed by atoms with E-state index in [2.05, 4.69) is 26.5 Å². The van der Waals surface area contributed by atoms with Gasteiger partial charge in [0.1, 0.15) is 0 Å². The Labute approximate surface area is 115 Å². The minimum Gasteiger partial charge on any atom is -0.462 e. The Hall–Kier alpha value is -0.960. The molecule has 0 saturated carbocycles. The predicted molar refractivity (Wildman–Crippen MR) is 77.3 cm³/mol. The van der Waals surface area contributed by atoms with Gasteiger partial charge in [0.2, 0.25) is 0 Å². The molecular formula is C15H22O2S. The van der Waals surface area contributed by atoms with Gasteiger partial charge in [-0.1, -0.05) is 33.1 Å². The first-order valence-corrected chi connectivity index (χ1v) is 7.08. The van der Waals surface area contributed by atoms with Gasteiger partial charge in [-0.15, -0.1) is 12.6 Å². The van der Waals surface area contributed by atoms with Crippen LogP contribution in [0.3, 0.4) is 0 Å². The number of unbranched alkanes of at least 4 members (excludes halogenated alkanes) is 1. The van der Waals surface area contributed by atoms with Crippen molar-refractivity contribution in [2.45, 2.75) is 44.4 Å². The molecule has 0 aliphatic carbocycles. The molecule has 2 nitrogen and oxygen atoms in total. The Morgan fingerprint density at radius 3 is 2.50 bits per heavy atom. The molecule has 0 bridgehead atoms. The summed E-state index contributed by atoms with van der Waals surface area (Å²) in [5, 5.41) is 0. The van der Waals surface area contributed by atoms with Crippen molar-refractivity contribution >= 4 is 18.6 Å². The molecule has 0 fully saturated rings. The summed E-state index contributed by atoms with van der Waals surface area (Å²) in [4.78, 5) is 12.7. The molecule has 0 aliphatic rings. The van der Waals surface area contributed by atoms with Crippen molar-refractivity contribution in [2.24, 2.45) is 5.92 Å². The quantitative estimate of drug-likeness (QED) is 0.586. The molecule has 1 unspecified atom stereocenters. The molecule has 1 atom stereocenters. The molecule has 18 heavy (non-hydrogen) atoms. The lowest BCUT2D eigenvalue weighted by molar-refractivity contribution is 0.0428. The van der Waals surface area contributed by atoms with E-state index in [-0.39, 0.29) is 5.97 Å². The number of esters is 1. The second kappa shape index (κ2) is 8.20. The van der Waals surface area contributed by atoms with Crippen LogP contribution in [0.4, 0.5) is 0 Å². The Balaban J connectivity index is 2.42. The topological polar surface area (TPSA) is 26.3 Å². The molecule has 1 aromatic rings. The van der Waals surface area contributed by atoms with Crippen LogP contribution in [-0.4, -0.2) is 12.6 Å². The van der Waals surface area contributed by atoms with Crippen molar-refractivity contribution in [1.82, 2.24) is 0 Å². The van der Waals surface area contributed by atoms with E-state index in [9.17, 15) is 4.79 Å². The summed E-state index contributed by atoms with van der Waals surface area (Å²) >= 11 is 4.19. The summed E-state index contributed by atoms with van der Waals surface area (Å²) in [7, 11) is 0. The van der Waals surface area contributed by atoms with Crippen molar-refractivity contribution in [3.63, 3.8) is 0 Å². The highest BCUT2D eigenvalue weighted by atomic mass is 32.1. The molecular weight excluding hydrogens is 244 g/mol. The number of thiol groups is 1. The number of hydrogen-bond donors (Lipinski definition) is 1. The summed E-state index contributed by atoms with van der Waals surface area (Å²) in [5.41, 5.74) is 0.596. The third-order valence-corrected chi connectivity index (χ3v) is 3.39. The van der Waals surface area contributed by atoms with Crippen LogP contribution < -0.4 is 0 Å². The minimum absolute atomic E-state index is 0.238. The maximum Gasteiger partial charge on any atom is 0.338 e. The fourth-order valence-electron chi connectivity index (χ4n) is 1.77. The molecule has 0 heterocycles. The average Bonchev–Trinajstić information content (AvgIpc) is 2.39. The Morgan fingerprint density at radius 2 is 1.94 bits per heavy atom. The van der Waals surface area contributed by atoms with E-state index < -0.39 is 0 Å². The third kappa shape index (κ3) is 5.13. The molecule has 1 rings (SSSR count). The summed E-state index contributed by atoms with van der Waals surface area (Å²) in [6.07, 6.45) is 4.58. The Bertz CT molecular complexity index is 359. The monoisotopic (exact) mass is 266 g/mol. The maximum atomic E-state index is 11.8. The third-order valence-electron chi connectivity index (χ3n) is 3.10. The summed E-state index contributed by atoms with van der Waals surface area (Å²) in [6.45, 7) is 4.85. The van der Waals surface area contributed by atoms with Gasteiger partial charge >= 0.3 is 5.97 Å². The van der Waals surface area contributed by atoms with Gasteiger partial charge in [-0.25, -0.2) is 4.79 Å². The van der Waals surface area contributed by atoms with Crippen LogP contribution in [0.25, 0.3) is 0 Å². The first-order chi connectivity index (χ1) is 8.67. The standard InChI is InChI=1S/C15H22O2S/c1-3-5-6-12(4-2)11-17-15(16)13-7-9-14(18)10-8-13/h7-10,12,18H,3-6,11H2,1-2H3. The molecule has 100 valence electrons. The minimum atomic E-state index is -0.238. The van der Waals surface area contributed by atoms with Gasteiger partial charge in [-0.05, 0) is 36.6 Å².